The fourth-order valence-electron chi connectivity index (χ4n) is 7.56. The topological polar surface area (TPSA) is 103 Å². The summed E-state index contributed by atoms with van der Waals surface area (Å²) in [6.07, 6.45) is 1.56. The largest absolute Gasteiger partial charge is 0.508 e. The molecule has 1 amide bonds. The first-order chi connectivity index (χ1) is 21.7. The van der Waals surface area contributed by atoms with Gasteiger partial charge >= 0.3 is 0 Å². The normalized spacial score (nSPS) is 19.5. The molecule has 8 rings (SSSR count). The van der Waals surface area contributed by atoms with E-state index in [2.05, 4.69) is 16.0 Å². The summed E-state index contributed by atoms with van der Waals surface area (Å²) in [6, 6.07) is 17.3. The van der Waals surface area contributed by atoms with Gasteiger partial charge in [0.1, 0.15) is 11.3 Å². The monoisotopic (exact) mass is 605 g/mol. The molecular weight excluding hydrogens is 569 g/mol. The molecule has 3 aliphatic rings. The Kier molecular flexibility index (Phi) is 7.13. The minimum atomic E-state index is -0.527. The number of ether oxygens (including phenoxy) is 1. The Morgan fingerprint density at radius 2 is 2.02 bits per heavy atom. The lowest BCUT2D eigenvalue weighted by atomic mass is 9.79. The number of carbonyl (C=O) groups is 1. The van der Waals surface area contributed by atoms with Crippen LogP contribution in [0.4, 0.5) is 4.39 Å². The van der Waals surface area contributed by atoms with E-state index in [1.165, 1.54) is 0 Å². The standard InChI is InChI=1S/C36H36FN5O3/c1-5-45-35-27-17-29(19(2)36(44)41(3)4)42(33-22-15-28(33)39-18-22)34(27)26-14-21(10-8-12-38)30(31(37)32(26)40-35)25-16-23(43)13-20-9-6-7-11-24(20)25/h6-7,9,11,13-14,16-17,19,22,28,33,39,43H,5,8,10,15,18H2,1-4H3/t19?,22-,28-,33+/m1/s1. The number of hydrogen-bond donors (Lipinski definition) is 2. The Morgan fingerprint density at radius 1 is 1.22 bits per heavy atom. The first-order valence-electron chi connectivity index (χ1n) is 15.6. The third-order valence-corrected chi connectivity index (χ3v) is 9.64. The van der Waals surface area contributed by atoms with Gasteiger partial charge in [0, 0.05) is 49.7 Å². The maximum absolute atomic E-state index is 17.3. The molecule has 9 heteroatoms. The van der Waals surface area contributed by atoms with E-state index >= 15 is 4.39 Å². The third-order valence-electron chi connectivity index (χ3n) is 9.64. The minimum absolute atomic E-state index is 0.0205. The number of pyridine rings is 1. The number of phenols is 1. The lowest BCUT2D eigenvalue weighted by Gasteiger charge is -2.38. The van der Waals surface area contributed by atoms with Crippen LogP contribution in [0.3, 0.4) is 0 Å². The van der Waals surface area contributed by atoms with Crippen LogP contribution < -0.4 is 10.1 Å². The molecule has 2 aliphatic heterocycles. The van der Waals surface area contributed by atoms with Crippen molar-refractivity contribution in [3.63, 3.8) is 0 Å². The molecule has 4 atom stereocenters. The number of amides is 1. The molecule has 1 unspecified atom stereocenters. The van der Waals surface area contributed by atoms with Gasteiger partial charge in [-0.25, -0.2) is 9.37 Å². The number of nitriles is 1. The van der Waals surface area contributed by atoms with Crippen LogP contribution in [0.1, 0.15) is 49.9 Å². The Morgan fingerprint density at radius 3 is 2.71 bits per heavy atom. The van der Waals surface area contributed by atoms with Crippen molar-refractivity contribution >= 4 is 38.5 Å². The summed E-state index contributed by atoms with van der Waals surface area (Å²) in [5, 5.41) is 26.8. The summed E-state index contributed by atoms with van der Waals surface area (Å²) in [7, 11) is 3.51. The van der Waals surface area contributed by atoms with Crippen LogP contribution in [0.15, 0.2) is 48.5 Å². The van der Waals surface area contributed by atoms with Gasteiger partial charge < -0.3 is 24.6 Å². The summed E-state index contributed by atoms with van der Waals surface area (Å²) >= 11 is 0. The lowest BCUT2D eigenvalue weighted by molar-refractivity contribution is -0.130. The zero-order valence-electron chi connectivity index (χ0n) is 25.9. The molecule has 2 saturated heterocycles. The number of fused-ring (bicyclic) bond motifs is 5. The summed E-state index contributed by atoms with van der Waals surface area (Å²) in [6.45, 7) is 5.02. The number of phenolic OH excluding ortho intramolecular Hbond substituents is 1. The summed E-state index contributed by atoms with van der Waals surface area (Å²) < 4.78 is 25.6. The van der Waals surface area contributed by atoms with Crippen LogP contribution in [0.5, 0.6) is 11.6 Å². The van der Waals surface area contributed by atoms with Crippen LogP contribution in [0, 0.1) is 23.1 Å². The quantitative estimate of drug-likeness (QED) is 0.211. The molecule has 1 aliphatic carbocycles. The Hall–Kier alpha value is -4.68. The Labute approximate surface area is 261 Å². The van der Waals surface area contributed by atoms with Crippen LogP contribution in [0.2, 0.25) is 0 Å². The van der Waals surface area contributed by atoms with Gasteiger partial charge in [-0.2, -0.15) is 5.26 Å². The molecule has 4 heterocycles. The second-order valence-electron chi connectivity index (χ2n) is 12.5. The predicted molar refractivity (Wildman–Crippen MR) is 173 cm³/mol. The van der Waals surface area contributed by atoms with Gasteiger partial charge in [0.2, 0.25) is 11.8 Å². The van der Waals surface area contributed by atoms with E-state index < -0.39 is 11.7 Å². The molecule has 45 heavy (non-hydrogen) atoms. The SMILES string of the molecule is CCOc1nc2c(F)c(-c3cc(O)cc4ccccc34)c(CCC#N)cc2c2c1cc(C(C)C(=O)N(C)C)n2[C@H]1[C@H]2CN[C@@H]1C2. The number of likely N-dealkylation sites (N-methyl/N-ethyl adjacent to an activating group) is 1. The summed E-state index contributed by atoms with van der Waals surface area (Å²) in [5.74, 6) is -0.255. The van der Waals surface area contributed by atoms with E-state index in [9.17, 15) is 15.2 Å². The number of aromatic nitrogens is 2. The molecular formula is C36H36FN5O3. The van der Waals surface area contributed by atoms with E-state index in [0.717, 1.165) is 40.3 Å². The number of aromatic hydroxyl groups is 1. The molecule has 2 aromatic heterocycles. The van der Waals surface area contributed by atoms with E-state index in [1.54, 1.807) is 31.1 Å². The molecule has 3 aromatic carbocycles. The predicted octanol–water partition coefficient (Wildman–Crippen LogP) is 6.43. The number of aryl methyl sites for hydroxylation is 1. The van der Waals surface area contributed by atoms with Crippen molar-refractivity contribution in [1.29, 1.82) is 5.26 Å². The molecule has 0 spiro atoms. The van der Waals surface area contributed by atoms with Crippen molar-refractivity contribution in [1.82, 2.24) is 19.8 Å². The maximum Gasteiger partial charge on any atom is 0.230 e. The molecule has 2 bridgehead atoms. The van der Waals surface area contributed by atoms with Gasteiger partial charge in [0.15, 0.2) is 5.82 Å². The molecule has 1 saturated carbocycles. The molecule has 8 nitrogen and oxygen atoms in total. The van der Waals surface area contributed by atoms with Crippen LogP contribution in [0.25, 0.3) is 43.7 Å². The van der Waals surface area contributed by atoms with Crippen molar-refractivity contribution in [3.8, 4) is 28.8 Å². The van der Waals surface area contributed by atoms with Gasteiger partial charge in [0.25, 0.3) is 0 Å². The van der Waals surface area contributed by atoms with E-state index in [4.69, 9.17) is 9.72 Å². The highest BCUT2D eigenvalue weighted by Gasteiger charge is 2.49. The molecule has 5 aromatic rings. The van der Waals surface area contributed by atoms with Gasteiger partial charge in [-0.05, 0) is 78.8 Å². The second-order valence-corrected chi connectivity index (χ2v) is 12.5. The van der Waals surface area contributed by atoms with Crippen LogP contribution in [-0.4, -0.2) is 58.8 Å². The lowest BCUT2D eigenvalue weighted by Crippen LogP contribution is -2.40. The maximum atomic E-state index is 17.3. The first kappa shape index (κ1) is 29.1. The molecule has 2 N–H and O–H groups in total. The number of hydrogen-bond acceptors (Lipinski definition) is 6. The number of halogens is 1. The number of carbonyl (C=O) groups excluding carboxylic acids is 1. The van der Waals surface area contributed by atoms with Gasteiger partial charge in [-0.3, -0.25) is 4.79 Å². The van der Waals surface area contributed by atoms with Crippen molar-refractivity contribution in [2.24, 2.45) is 5.92 Å². The average Bonchev–Trinajstić information content (AvgIpc) is 3.76. The van der Waals surface area contributed by atoms with E-state index in [-0.39, 0.29) is 35.7 Å². The van der Waals surface area contributed by atoms with Gasteiger partial charge in [-0.15, -0.1) is 0 Å². The third kappa shape index (κ3) is 4.50. The van der Waals surface area contributed by atoms with Crippen molar-refractivity contribution in [3.05, 3.63) is 65.6 Å². The zero-order chi connectivity index (χ0) is 31.6. The number of rotatable bonds is 8. The highest BCUT2D eigenvalue weighted by atomic mass is 19.1. The number of benzene rings is 3. The second kappa shape index (κ2) is 11.0. The molecule has 3 fully saturated rings. The van der Waals surface area contributed by atoms with Crippen LogP contribution >= 0.6 is 0 Å². The molecule has 0 radical (unpaired) electrons. The van der Waals surface area contributed by atoms with Gasteiger partial charge in [-0.1, -0.05) is 24.3 Å². The summed E-state index contributed by atoms with van der Waals surface area (Å²) in [4.78, 5) is 19.8. The zero-order valence-corrected chi connectivity index (χ0v) is 25.9. The molecule has 230 valence electrons. The van der Waals surface area contributed by atoms with Crippen molar-refractivity contribution in [2.75, 3.05) is 27.2 Å². The van der Waals surface area contributed by atoms with Gasteiger partial charge in [0.05, 0.1) is 35.5 Å². The number of nitrogens with one attached hydrogen (secondary N) is 1. The fraction of sp³-hybridized carbons (Fsp3) is 0.361. The Bertz CT molecular complexity index is 2030. The van der Waals surface area contributed by atoms with E-state index in [1.807, 2.05) is 50.2 Å². The van der Waals surface area contributed by atoms with Crippen molar-refractivity contribution < 1.29 is 19.0 Å². The highest BCUT2D eigenvalue weighted by Crippen LogP contribution is 2.50. The van der Waals surface area contributed by atoms with Crippen molar-refractivity contribution in [2.45, 2.75) is 51.1 Å². The minimum Gasteiger partial charge on any atom is -0.508 e. The van der Waals surface area contributed by atoms with E-state index in [0.29, 0.717) is 46.9 Å². The summed E-state index contributed by atoms with van der Waals surface area (Å²) in [5.41, 5.74) is 3.32. The smallest absolute Gasteiger partial charge is 0.230 e. The fourth-order valence-corrected chi connectivity index (χ4v) is 7.56. The van der Waals surface area contributed by atoms with Crippen LogP contribution in [-0.2, 0) is 11.2 Å². The first-order valence-corrected chi connectivity index (χ1v) is 15.6. The highest BCUT2D eigenvalue weighted by molar-refractivity contribution is 6.10. The average molecular weight is 606 g/mol. The Balaban J connectivity index is 1.60. The number of nitrogens with zero attached hydrogens (tertiary/aromatic N) is 4.